The van der Waals surface area contributed by atoms with Crippen molar-refractivity contribution in [2.24, 2.45) is 29.1 Å². The van der Waals surface area contributed by atoms with E-state index >= 15 is 0 Å². The van der Waals surface area contributed by atoms with Gasteiger partial charge in [0.15, 0.2) is 5.78 Å². The first-order valence-electron chi connectivity index (χ1n) is 15.8. The van der Waals surface area contributed by atoms with E-state index < -0.39 is 39.7 Å². The van der Waals surface area contributed by atoms with Crippen molar-refractivity contribution in [1.29, 1.82) is 0 Å². The summed E-state index contributed by atoms with van der Waals surface area (Å²) in [5, 5.41) is 36.7. The monoisotopic (exact) mass is 590 g/mol. The average Bonchev–Trinajstić information content (AvgIpc) is 3.40. The summed E-state index contributed by atoms with van der Waals surface area (Å²) in [4.78, 5) is 13.7. The largest absolute Gasteiger partial charge is 0.389 e. The van der Waals surface area contributed by atoms with E-state index in [1.807, 2.05) is 67.6 Å². The van der Waals surface area contributed by atoms with Crippen molar-refractivity contribution >= 4 is 5.78 Å². The Morgan fingerprint density at radius 3 is 1.82 bits per heavy atom. The normalized spacial score (nSPS) is 35.5. The Balaban J connectivity index is 1.38. The molecule has 2 saturated carbocycles. The number of fused-ring (bicyclic) bond motifs is 5. The first-order valence-corrected chi connectivity index (χ1v) is 15.8. The molecule has 4 aliphatic carbocycles. The average molecular weight is 591 g/mol. The van der Waals surface area contributed by atoms with Crippen molar-refractivity contribution in [2.75, 3.05) is 6.61 Å². The van der Waals surface area contributed by atoms with Gasteiger partial charge in [-0.25, -0.2) is 0 Å². The Hall–Kier alpha value is -3.35. The lowest BCUT2D eigenvalue weighted by atomic mass is 9.60. The molecule has 0 spiro atoms. The standard InChI is InChI=1S/C39H42O5/c1-25-20-32-36(41,34(25)40)23-27(21-31-33-35(3,4)37(33,42)22-26(2)38(31,32)43)24-44-39(28-14-8-5-9-15-28,29-16-10-6-11-17-29)30-18-12-7-13-19-30/h5-21,26,31-33,41-43H,22-24H2,1-4H3/t26-,31+,32?,33-,36-,37+,38-/m1/s1. The molecule has 3 aromatic rings. The summed E-state index contributed by atoms with van der Waals surface area (Å²) in [6, 6.07) is 30.3. The Bertz CT molecular complexity index is 1550. The van der Waals surface area contributed by atoms with Crippen LogP contribution in [0.15, 0.2) is 114 Å². The first-order chi connectivity index (χ1) is 20.9. The van der Waals surface area contributed by atoms with Crippen molar-refractivity contribution < 1.29 is 24.9 Å². The van der Waals surface area contributed by atoms with Gasteiger partial charge in [0.2, 0.25) is 0 Å². The minimum atomic E-state index is -1.79. The zero-order chi connectivity index (χ0) is 31.1. The number of benzene rings is 3. The highest BCUT2D eigenvalue weighted by molar-refractivity contribution is 6.04. The van der Waals surface area contributed by atoms with Crippen LogP contribution in [0.3, 0.4) is 0 Å². The van der Waals surface area contributed by atoms with Crippen molar-refractivity contribution in [3.63, 3.8) is 0 Å². The Morgan fingerprint density at radius 2 is 1.32 bits per heavy atom. The van der Waals surface area contributed by atoms with Gasteiger partial charge in [0.25, 0.3) is 0 Å². The van der Waals surface area contributed by atoms with Crippen molar-refractivity contribution in [1.82, 2.24) is 0 Å². The van der Waals surface area contributed by atoms with Gasteiger partial charge in [0.1, 0.15) is 11.2 Å². The van der Waals surface area contributed by atoms with Crippen LogP contribution in [-0.2, 0) is 15.1 Å². The number of carbonyl (C=O) groups excluding carboxylic acids is 1. The molecule has 0 amide bonds. The fourth-order valence-electron chi connectivity index (χ4n) is 9.36. The molecule has 0 aliphatic heterocycles. The second-order valence-electron chi connectivity index (χ2n) is 14.3. The summed E-state index contributed by atoms with van der Waals surface area (Å²) in [7, 11) is 0. The number of Topliss-reactive ketones (excluding diaryl/α,β-unsaturated/α-hetero) is 1. The minimum Gasteiger partial charge on any atom is -0.389 e. The lowest BCUT2D eigenvalue weighted by Gasteiger charge is -2.50. The van der Waals surface area contributed by atoms with Gasteiger partial charge in [-0.15, -0.1) is 0 Å². The second kappa shape index (κ2) is 9.82. The molecule has 4 aliphatic rings. The van der Waals surface area contributed by atoms with Gasteiger partial charge in [0.05, 0.1) is 17.8 Å². The molecule has 7 atom stereocenters. The Labute approximate surface area is 259 Å². The van der Waals surface area contributed by atoms with E-state index in [-0.39, 0.29) is 30.6 Å². The molecule has 0 saturated heterocycles. The van der Waals surface area contributed by atoms with E-state index in [4.69, 9.17) is 4.74 Å². The fraction of sp³-hybridized carbons (Fsp3) is 0.410. The smallest absolute Gasteiger partial charge is 0.190 e. The molecule has 0 heterocycles. The summed E-state index contributed by atoms with van der Waals surface area (Å²) in [5.41, 5.74) is -1.41. The van der Waals surface area contributed by atoms with E-state index in [0.29, 0.717) is 12.0 Å². The highest BCUT2D eigenvalue weighted by Crippen LogP contribution is 2.75. The van der Waals surface area contributed by atoms with Crippen LogP contribution in [0.1, 0.15) is 57.2 Å². The summed E-state index contributed by atoms with van der Waals surface area (Å²) in [6.07, 6.45) is 4.30. The molecule has 0 bridgehead atoms. The third kappa shape index (κ3) is 3.83. The van der Waals surface area contributed by atoms with Crippen molar-refractivity contribution in [3.05, 3.63) is 131 Å². The number of ether oxygens (including phenoxy) is 1. The molecular weight excluding hydrogens is 548 g/mol. The van der Waals surface area contributed by atoms with E-state index in [1.165, 1.54) is 0 Å². The number of aliphatic hydroxyl groups is 3. The number of rotatable bonds is 6. The highest BCUT2D eigenvalue weighted by Gasteiger charge is 2.80. The molecule has 228 valence electrons. The fourth-order valence-corrected chi connectivity index (χ4v) is 9.36. The summed E-state index contributed by atoms with van der Waals surface area (Å²) < 4.78 is 7.15. The molecule has 7 rings (SSSR count). The van der Waals surface area contributed by atoms with Gasteiger partial charge in [-0.2, -0.15) is 0 Å². The number of hydrogen-bond donors (Lipinski definition) is 3. The maximum absolute atomic E-state index is 13.7. The Kier molecular flexibility index (Phi) is 6.56. The van der Waals surface area contributed by atoms with Crippen molar-refractivity contribution in [2.45, 2.75) is 62.9 Å². The predicted octanol–water partition coefficient (Wildman–Crippen LogP) is 5.98. The third-order valence-electron chi connectivity index (χ3n) is 11.7. The summed E-state index contributed by atoms with van der Waals surface area (Å²) >= 11 is 0. The summed E-state index contributed by atoms with van der Waals surface area (Å²) in [5.74, 6) is -2.13. The quantitative estimate of drug-likeness (QED) is 0.243. The third-order valence-corrected chi connectivity index (χ3v) is 11.7. The number of carbonyl (C=O) groups is 1. The zero-order valence-corrected chi connectivity index (χ0v) is 25.9. The lowest BCUT2D eigenvalue weighted by molar-refractivity contribution is -0.177. The molecule has 0 radical (unpaired) electrons. The molecule has 5 nitrogen and oxygen atoms in total. The van der Waals surface area contributed by atoms with Crippen LogP contribution in [0, 0.1) is 29.1 Å². The minimum absolute atomic E-state index is 0.0515. The van der Waals surface area contributed by atoms with E-state index in [0.717, 1.165) is 22.3 Å². The predicted molar refractivity (Wildman–Crippen MR) is 170 cm³/mol. The van der Waals surface area contributed by atoms with Crippen LogP contribution < -0.4 is 0 Å². The van der Waals surface area contributed by atoms with Gasteiger partial charge in [-0.05, 0) is 47.1 Å². The van der Waals surface area contributed by atoms with Gasteiger partial charge < -0.3 is 20.1 Å². The van der Waals surface area contributed by atoms with Gasteiger partial charge >= 0.3 is 0 Å². The van der Waals surface area contributed by atoms with Crippen molar-refractivity contribution in [3.8, 4) is 0 Å². The van der Waals surface area contributed by atoms with E-state index in [1.54, 1.807) is 13.0 Å². The van der Waals surface area contributed by atoms with Crippen LogP contribution in [0.5, 0.6) is 0 Å². The van der Waals surface area contributed by atoms with E-state index in [9.17, 15) is 20.1 Å². The van der Waals surface area contributed by atoms with Crippen LogP contribution in [0.2, 0.25) is 0 Å². The van der Waals surface area contributed by atoms with Gasteiger partial charge in [-0.1, -0.05) is 124 Å². The van der Waals surface area contributed by atoms with Crippen LogP contribution in [0.4, 0.5) is 0 Å². The number of ketones is 1. The molecule has 1 unspecified atom stereocenters. The molecule has 0 aromatic heterocycles. The topological polar surface area (TPSA) is 87.0 Å². The van der Waals surface area contributed by atoms with Crippen LogP contribution >= 0.6 is 0 Å². The maximum atomic E-state index is 13.7. The SMILES string of the molecule is CC1=CC2[C@@]3(O)[C@H](C)C[C@]4(O)[C@H]([C@@H]3C=C(COC(c3ccccc3)(c3ccccc3)c3ccccc3)C[C@]2(O)C1=O)C4(C)C. The lowest BCUT2D eigenvalue weighted by Crippen LogP contribution is -2.60. The molecule has 3 aromatic carbocycles. The first kappa shape index (κ1) is 29.4. The molecular formula is C39H42O5. The number of hydrogen-bond acceptors (Lipinski definition) is 5. The van der Waals surface area contributed by atoms with Gasteiger partial charge in [0, 0.05) is 29.6 Å². The van der Waals surface area contributed by atoms with E-state index in [2.05, 4.69) is 50.2 Å². The van der Waals surface area contributed by atoms with Crippen LogP contribution in [0.25, 0.3) is 0 Å². The molecule has 44 heavy (non-hydrogen) atoms. The Morgan fingerprint density at radius 1 is 0.818 bits per heavy atom. The second-order valence-corrected chi connectivity index (χ2v) is 14.3. The molecule has 2 fully saturated rings. The van der Waals surface area contributed by atoms with Gasteiger partial charge in [-0.3, -0.25) is 4.79 Å². The summed E-state index contributed by atoms with van der Waals surface area (Å²) in [6.45, 7) is 7.91. The maximum Gasteiger partial charge on any atom is 0.190 e. The highest BCUT2D eigenvalue weighted by atomic mass is 16.5. The van der Waals surface area contributed by atoms with Crippen LogP contribution in [-0.4, -0.2) is 44.5 Å². The molecule has 3 N–H and O–H groups in total. The zero-order valence-electron chi connectivity index (χ0n) is 25.9. The molecule has 5 heteroatoms.